The third kappa shape index (κ3) is 5.62. The van der Waals surface area contributed by atoms with Crippen molar-refractivity contribution in [2.45, 2.75) is 0 Å². The summed E-state index contributed by atoms with van der Waals surface area (Å²) in [6.07, 6.45) is 0. The normalized spacial score (nSPS) is 10.1. The molecule has 2 amide bonds. The number of benzene rings is 2. The van der Waals surface area contributed by atoms with Gasteiger partial charge in [-0.1, -0.05) is 15.9 Å². The van der Waals surface area contributed by atoms with Crippen molar-refractivity contribution in [3.63, 3.8) is 0 Å². The first-order chi connectivity index (χ1) is 11.4. The fourth-order valence-electron chi connectivity index (χ4n) is 1.70. The van der Waals surface area contributed by atoms with Gasteiger partial charge in [-0.25, -0.2) is 8.78 Å². The molecule has 5 nitrogen and oxygen atoms in total. The van der Waals surface area contributed by atoms with Gasteiger partial charge in [-0.15, -0.1) is 0 Å². The van der Waals surface area contributed by atoms with E-state index in [-0.39, 0.29) is 12.3 Å². The Morgan fingerprint density at radius 1 is 1.04 bits per heavy atom. The fraction of sp³-hybridized carbons (Fsp3) is 0.125. The average molecular weight is 399 g/mol. The molecule has 2 N–H and O–H groups in total. The highest BCUT2D eigenvalue weighted by atomic mass is 79.9. The molecule has 0 aliphatic carbocycles. The number of anilines is 1. The Kier molecular flexibility index (Phi) is 6.25. The molecule has 0 fully saturated rings. The maximum atomic E-state index is 13.5. The SMILES string of the molecule is O=C(COc1ccc(Br)cc1F)NCC(=O)Nc1ccc(F)cc1. The molecular formula is C16H13BrF2N2O3. The van der Waals surface area contributed by atoms with Crippen LogP contribution in [0.4, 0.5) is 14.5 Å². The Morgan fingerprint density at radius 3 is 2.42 bits per heavy atom. The lowest BCUT2D eigenvalue weighted by molar-refractivity contribution is -0.125. The van der Waals surface area contributed by atoms with Gasteiger partial charge in [0.25, 0.3) is 5.91 Å². The summed E-state index contributed by atoms with van der Waals surface area (Å²) < 4.78 is 31.8. The minimum atomic E-state index is -0.605. The van der Waals surface area contributed by atoms with Crippen molar-refractivity contribution in [2.75, 3.05) is 18.5 Å². The highest BCUT2D eigenvalue weighted by Gasteiger charge is 2.09. The highest BCUT2D eigenvalue weighted by Crippen LogP contribution is 2.21. The number of amides is 2. The van der Waals surface area contributed by atoms with Crippen LogP contribution in [-0.4, -0.2) is 25.0 Å². The van der Waals surface area contributed by atoms with Crippen molar-refractivity contribution >= 4 is 33.4 Å². The molecule has 0 aliphatic rings. The number of carbonyl (C=O) groups excluding carboxylic acids is 2. The number of nitrogens with one attached hydrogen (secondary N) is 2. The van der Waals surface area contributed by atoms with E-state index in [0.717, 1.165) is 0 Å². The van der Waals surface area contributed by atoms with Crippen molar-refractivity contribution in [3.05, 3.63) is 58.6 Å². The summed E-state index contributed by atoms with van der Waals surface area (Å²) >= 11 is 3.11. The van der Waals surface area contributed by atoms with Crippen molar-refractivity contribution in [1.82, 2.24) is 5.32 Å². The van der Waals surface area contributed by atoms with E-state index in [1.54, 1.807) is 6.07 Å². The molecule has 0 unspecified atom stereocenters. The van der Waals surface area contributed by atoms with Gasteiger partial charge in [-0.05, 0) is 42.5 Å². The second-order valence-electron chi connectivity index (χ2n) is 4.70. The van der Waals surface area contributed by atoms with E-state index in [2.05, 4.69) is 26.6 Å². The predicted octanol–water partition coefficient (Wildman–Crippen LogP) is 2.86. The molecule has 2 aromatic carbocycles. The summed E-state index contributed by atoms with van der Waals surface area (Å²) in [7, 11) is 0. The Morgan fingerprint density at radius 2 is 1.75 bits per heavy atom. The van der Waals surface area contributed by atoms with Crippen LogP contribution in [0.1, 0.15) is 0 Å². The van der Waals surface area contributed by atoms with Crippen LogP contribution in [0.5, 0.6) is 5.75 Å². The average Bonchev–Trinajstić information content (AvgIpc) is 2.54. The summed E-state index contributed by atoms with van der Waals surface area (Å²) in [5.41, 5.74) is 0.406. The van der Waals surface area contributed by atoms with Gasteiger partial charge in [0.15, 0.2) is 18.2 Å². The second kappa shape index (κ2) is 8.39. The molecule has 0 bridgehead atoms. The van der Waals surface area contributed by atoms with Gasteiger partial charge < -0.3 is 15.4 Å². The van der Waals surface area contributed by atoms with E-state index in [1.165, 1.54) is 36.4 Å². The summed E-state index contributed by atoms with van der Waals surface area (Å²) in [4.78, 5) is 23.2. The molecule has 8 heteroatoms. The van der Waals surface area contributed by atoms with E-state index < -0.39 is 30.1 Å². The van der Waals surface area contributed by atoms with E-state index in [9.17, 15) is 18.4 Å². The molecule has 24 heavy (non-hydrogen) atoms. The Labute approximate surface area is 145 Å². The molecule has 126 valence electrons. The molecule has 0 saturated carbocycles. The number of hydrogen-bond donors (Lipinski definition) is 2. The van der Waals surface area contributed by atoms with Crippen molar-refractivity contribution in [1.29, 1.82) is 0 Å². The van der Waals surface area contributed by atoms with Crippen LogP contribution in [0.25, 0.3) is 0 Å². The van der Waals surface area contributed by atoms with Crippen molar-refractivity contribution in [2.24, 2.45) is 0 Å². The van der Waals surface area contributed by atoms with Gasteiger partial charge in [-0.2, -0.15) is 0 Å². The number of carbonyl (C=O) groups is 2. The third-order valence-electron chi connectivity index (χ3n) is 2.83. The maximum Gasteiger partial charge on any atom is 0.258 e. The van der Waals surface area contributed by atoms with Crippen LogP contribution in [0.15, 0.2) is 46.9 Å². The Hall–Kier alpha value is -2.48. The quantitative estimate of drug-likeness (QED) is 0.785. The highest BCUT2D eigenvalue weighted by molar-refractivity contribution is 9.10. The summed E-state index contributed by atoms with van der Waals surface area (Å²) in [6.45, 7) is -0.717. The van der Waals surface area contributed by atoms with Crippen molar-refractivity contribution in [3.8, 4) is 5.75 Å². The largest absolute Gasteiger partial charge is 0.481 e. The molecule has 2 aromatic rings. The van der Waals surface area contributed by atoms with E-state index >= 15 is 0 Å². The first kappa shape index (κ1) is 17.9. The summed E-state index contributed by atoms with van der Waals surface area (Å²) in [5.74, 6) is -2.15. The first-order valence-corrected chi connectivity index (χ1v) is 7.63. The monoisotopic (exact) mass is 398 g/mol. The number of rotatable bonds is 6. The lowest BCUT2D eigenvalue weighted by Crippen LogP contribution is -2.35. The molecule has 0 radical (unpaired) electrons. The summed E-state index contributed by atoms with van der Waals surface area (Å²) in [5, 5.41) is 4.82. The van der Waals surface area contributed by atoms with Gasteiger partial charge in [0.2, 0.25) is 5.91 Å². The molecule has 0 atom stereocenters. The second-order valence-corrected chi connectivity index (χ2v) is 5.61. The Balaban J connectivity index is 1.74. The molecule has 0 spiro atoms. The van der Waals surface area contributed by atoms with E-state index in [0.29, 0.717) is 10.2 Å². The zero-order valence-corrected chi connectivity index (χ0v) is 13.9. The predicted molar refractivity (Wildman–Crippen MR) is 87.6 cm³/mol. The van der Waals surface area contributed by atoms with Crippen LogP contribution in [-0.2, 0) is 9.59 Å². The lowest BCUT2D eigenvalue weighted by atomic mass is 10.3. The lowest BCUT2D eigenvalue weighted by Gasteiger charge is -2.09. The zero-order chi connectivity index (χ0) is 17.5. The molecular weight excluding hydrogens is 386 g/mol. The number of hydrogen-bond acceptors (Lipinski definition) is 3. The summed E-state index contributed by atoms with van der Waals surface area (Å²) in [6, 6.07) is 9.37. The van der Waals surface area contributed by atoms with Gasteiger partial charge in [-0.3, -0.25) is 9.59 Å². The smallest absolute Gasteiger partial charge is 0.258 e. The zero-order valence-electron chi connectivity index (χ0n) is 12.3. The van der Waals surface area contributed by atoms with Crippen LogP contribution in [0, 0.1) is 11.6 Å². The minimum absolute atomic E-state index is 0.0656. The standard InChI is InChI=1S/C16H13BrF2N2O3/c17-10-1-6-14(13(19)7-10)24-9-16(23)20-8-15(22)21-12-4-2-11(18)3-5-12/h1-7H,8-9H2,(H,20,23)(H,21,22). The van der Waals surface area contributed by atoms with Gasteiger partial charge in [0, 0.05) is 10.2 Å². The number of ether oxygens (including phenoxy) is 1. The van der Waals surface area contributed by atoms with E-state index in [1.807, 2.05) is 0 Å². The minimum Gasteiger partial charge on any atom is -0.481 e. The van der Waals surface area contributed by atoms with Gasteiger partial charge in [0.05, 0.1) is 6.54 Å². The third-order valence-corrected chi connectivity index (χ3v) is 3.32. The van der Waals surface area contributed by atoms with E-state index in [4.69, 9.17) is 4.74 Å². The Bertz CT molecular complexity index is 739. The fourth-order valence-corrected chi connectivity index (χ4v) is 2.04. The van der Waals surface area contributed by atoms with Gasteiger partial charge in [0.1, 0.15) is 5.82 Å². The molecule has 0 saturated heterocycles. The first-order valence-electron chi connectivity index (χ1n) is 6.84. The molecule has 2 rings (SSSR count). The van der Waals surface area contributed by atoms with Crippen LogP contribution in [0.3, 0.4) is 0 Å². The number of halogens is 3. The topological polar surface area (TPSA) is 67.4 Å². The molecule has 0 aliphatic heterocycles. The van der Waals surface area contributed by atoms with Crippen LogP contribution in [0.2, 0.25) is 0 Å². The van der Waals surface area contributed by atoms with Crippen LogP contribution >= 0.6 is 15.9 Å². The molecule has 0 aromatic heterocycles. The van der Waals surface area contributed by atoms with Crippen LogP contribution < -0.4 is 15.4 Å². The van der Waals surface area contributed by atoms with Crippen molar-refractivity contribution < 1.29 is 23.1 Å². The maximum absolute atomic E-state index is 13.5. The molecule has 0 heterocycles. The van der Waals surface area contributed by atoms with Gasteiger partial charge >= 0.3 is 0 Å².